The lowest BCUT2D eigenvalue weighted by atomic mass is 10.1. The maximum atomic E-state index is 10.9. The molecule has 2 rings (SSSR count). The van der Waals surface area contributed by atoms with Gasteiger partial charge in [-0.2, -0.15) is 0 Å². The zero-order chi connectivity index (χ0) is 12.3. The fourth-order valence-electron chi connectivity index (χ4n) is 2.02. The van der Waals surface area contributed by atoms with E-state index in [4.69, 9.17) is 5.11 Å². The first kappa shape index (κ1) is 12.5. The molecule has 1 aliphatic rings. The normalized spacial score (nSPS) is 20.7. The second-order valence-electron chi connectivity index (χ2n) is 4.40. The van der Waals surface area contributed by atoms with Crippen LogP contribution in [0.4, 0.5) is 5.13 Å². The molecule has 1 unspecified atom stereocenters. The topological polar surface area (TPSA) is 65.5 Å². The summed E-state index contributed by atoms with van der Waals surface area (Å²) in [6.45, 7) is 4.49. The molecular weight excluding hydrogens is 238 g/mol. The van der Waals surface area contributed by atoms with Crippen LogP contribution in [0.2, 0.25) is 0 Å². The maximum absolute atomic E-state index is 10.9. The van der Waals surface area contributed by atoms with Crippen molar-refractivity contribution in [3.05, 3.63) is 11.1 Å². The average Bonchev–Trinajstić information content (AvgIpc) is 2.88. The Morgan fingerprint density at radius 1 is 1.76 bits per heavy atom. The molecule has 2 N–H and O–H groups in total. The maximum Gasteiger partial charge on any atom is 0.223 e. The van der Waals surface area contributed by atoms with Gasteiger partial charge in [0.25, 0.3) is 0 Å². The predicted molar refractivity (Wildman–Crippen MR) is 66.9 cm³/mol. The molecule has 1 saturated heterocycles. The van der Waals surface area contributed by atoms with Gasteiger partial charge in [0, 0.05) is 32.0 Å². The number of anilines is 1. The van der Waals surface area contributed by atoms with E-state index in [0.717, 1.165) is 31.7 Å². The summed E-state index contributed by atoms with van der Waals surface area (Å²) in [6.07, 6.45) is 1.05. The first-order valence-corrected chi connectivity index (χ1v) is 6.60. The van der Waals surface area contributed by atoms with E-state index in [9.17, 15) is 4.79 Å². The number of hydrogen-bond donors (Lipinski definition) is 2. The van der Waals surface area contributed by atoms with E-state index in [1.807, 2.05) is 5.38 Å². The molecule has 1 aliphatic heterocycles. The number of carbonyl (C=O) groups excluding carboxylic acids is 1. The number of nitrogens with zero attached hydrogens (tertiary/aromatic N) is 2. The fourth-order valence-corrected chi connectivity index (χ4v) is 2.77. The molecule has 0 saturated carbocycles. The number of thiazole rings is 1. The number of carbonyl (C=O) groups is 1. The fraction of sp³-hybridized carbons (Fsp3) is 0.636. The Hall–Kier alpha value is -0.980. The molecule has 17 heavy (non-hydrogen) atoms. The number of likely N-dealkylation sites (tertiary alicyclic amines) is 1. The van der Waals surface area contributed by atoms with Crippen LogP contribution in [-0.2, 0) is 11.3 Å². The van der Waals surface area contributed by atoms with Crippen molar-refractivity contribution in [2.24, 2.45) is 5.92 Å². The molecule has 2 heterocycles. The van der Waals surface area contributed by atoms with E-state index in [0.29, 0.717) is 11.0 Å². The third-order valence-corrected chi connectivity index (χ3v) is 3.66. The molecule has 94 valence electrons. The number of nitrogens with one attached hydrogen (secondary N) is 1. The highest BCUT2D eigenvalue weighted by molar-refractivity contribution is 7.13. The Balaban J connectivity index is 1.87. The van der Waals surface area contributed by atoms with E-state index in [-0.39, 0.29) is 12.5 Å². The van der Waals surface area contributed by atoms with Crippen molar-refractivity contribution in [1.82, 2.24) is 9.88 Å². The lowest BCUT2D eigenvalue weighted by Crippen LogP contribution is -2.21. The molecule has 0 aromatic carbocycles. The number of amides is 1. The summed E-state index contributed by atoms with van der Waals surface area (Å²) in [5.41, 5.74) is 0.984. The van der Waals surface area contributed by atoms with Crippen LogP contribution in [0.3, 0.4) is 0 Å². The summed E-state index contributed by atoms with van der Waals surface area (Å²) < 4.78 is 0. The van der Waals surface area contributed by atoms with Crippen LogP contribution in [0, 0.1) is 5.92 Å². The van der Waals surface area contributed by atoms with Crippen LogP contribution in [0.1, 0.15) is 19.0 Å². The largest absolute Gasteiger partial charge is 0.396 e. The Labute approximate surface area is 104 Å². The van der Waals surface area contributed by atoms with Crippen LogP contribution in [-0.4, -0.2) is 40.6 Å². The van der Waals surface area contributed by atoms with E-state index >= 15 is 0 Å². The van der Waals surface area contributed by atoms with Gasteiger partial charge < -0.3 is 10.4 Å². The molecule has 1 aromatic rings. The molecule has 5 nitrogen and oxygen atoms in total. The lowest BCUT2D eigenvalue weighted by Gasteiger charge is -2.13. The SMILES string of the molecule is CC(=O)Nc1nc(CN2CCC(CO)C2)cs1. The van der Waals surface area contributed by atoms with E-state index in [1.54, 1.807) is 0 Å². The summed E-state index contributed by atoms with van der Waals surface area (Å²) in [5.74, 6) is 0.316. The molecule has 1 aromatic heterocycles. The molecule has 0 radical (unpaired) electrons. The van der Waals surface area contributed by atoms with E-state index < -0.39 is 0 Å². The van der Waals surface area contributed by atoms with Crippen molar-refractivity contribution < 1.29 is 9.90 Å². The molecule has 0 spiro atoms. The molecule has 6 heteroatoms. The highest BCUT2D eigenvalue weighted by atomic mass is 32.1. The minimum atomic E-state index is -0.0904. The highest BCUT2D eigenvalue weighted by Gasteiger charge is 2.22. The Morgan fingerprint density at radius 3 is 3.24 bits per heavy atom. The van der Waals surface area contributed by atoms with Crippen LogP contribution in [0.25, 0.3) is 0 Å². The van der Waals surface area contributed by atoms with Gasteiger partial charge in [-0.25, -0.2) is 4.98 Å². The van der Waals surface area contributed by atoms with Gasteiger partial charge in [0.15, 0.2) is 5.13 Å². The number of aliphatic hydroxyl groups is 1. The molecule has 0 aliphatic carbocycles. The number of aromatic nitrogens is 1. The Bertz CT molecular complexity index is 394. The number of hydrogen-bond acceptors (Lipinski definition) is 5. The summed E-state index contributed by atoms with van der Waals surface area (Å²) in [6, 6.07) is 0. The molecule has 0 bridgehead atoms. The van der Waals surface area contributed by atoms with Crippen molar-refractivity contribution in [1.29, 1.82) is 0 Å². The van der Waals surface area contributed by atoms with E-state index in [2.05, 4.69) is 15.2 Å². The monoisotopic (exact) mass is 255 g/mol. The van der Waals surface area contributed by atoms with Gasteiger partial charge in [-0.3, -0.25) is 9.69 Å². The summed E-state index contributed by atoms with van der Waals surface area (Å²) in [5, 5.41) is 14.4. The van der Waals surface area contributed by atoms with Crippen LogP contribution in [0.5, 0.6) is 0 Å². The first-order chi connectivity index (χ1) is 8.17. The van der Waals surface area contributed by atoms with Crippen LogP contribution < -0.4 is 5.32 Å². The summed E-state index contributed by atoms with van der Waals surface area (Å²) in [7, 11) is 0. The van der Waals surface area contributed by atoms with Crippen LogP contribution in [0.15, 0.2) is 5.38 Å². The zero-order valence-electron chi connectivity index (χ0n) is 9.85. The first-order valence-electron chi connectivity index (χ1n) is 5.72. The van der Waals surface area contributed by atoms with Gasteiger partial charge in [0.05, 0.1) is 5.69 Å². The van der Waals surface area contributed by atoms with Crippen LogP contribution >= 0.6 is 11.3 Å². The van der Waals surface area contributed by atoms with Crippen molar-refractivity contribution in [2.75, 3.05) is 25.0 Å². The average molecular weight is 255 g/mol. The smallest absolute Gasteiger partial charge is 0.223 e. The summed E-state index contributed by atoms with van der Waals surface area (Å²) in [4.78, 5) is 17.5. The molecular formula is C11H17N3O2S. The number of rotatable bonds is 4. The zero-order valence-corrected chi connectivity index (χ0v) is 10.7. The van der Waals surface area contributed by atoms with Gasteiger partial charge in [-0.15, -0.1) is 11.3 Å². The third-order valence-electron chi connectivity index (χ3n) is 2.85. The van der Waals surface area contributed by atoms with Crippen molar-refractivity contribution in [3.8, 4) is 0 Å². The molecule has 1 amide bonds. The van der Waals surface area contributed by atoms with Crippen molar-refractivity contribution >= 4 is 22.4 Å². The predicted octanol–water partition coefficient (Wildman–Crippen LogP) is 0.916. The highest BCUT2D eigenvalue weighted by Crippen LogP contribution is 2.21. The summed E-state index contributed by atoms with van der Waals surface area (Å²) >= 11 is 1.45. The minimum Gasteiger partial charge on any atom is -0.396 e. The van der Waals surface area contributed by atoms with Gasteiger partial charge >= 0.3 is 0 Å². The van der Waals surface area contributed by atoms with Gasteiger partial charge in [-0.05, 0) is 18.9 Å². The second-order valence-corrected chi connectivity index (χ2v) is 5.26. The quantitative estimate of drug-likeness (QED) is 0.839. The number of aliphatic hydroxyl groups excluding tert-OH is 1. The third kappa shape index (κ3) is 3.49. The van der Waals surface area contributed by atoms with E-state index in [1.165, 1.54) is 18.3 Å². The lowest BCUT2D eigenvalue weighted by molar-refractivity contribution is -0.114. The minimum absolute atomic E-state index is 0.0904. The Kier molecular flexibility index (Phi) is 4.09. The van der Waals surface area contributed by atoms with Gasteiger partial charge in [0.2, 0.25) is 5.91 Å². The molecule has 1 fully saturated rings. The van der Waals surface area contributed by atoms with Gasteiger partial charge in [-0.1, -0.05) is 0 Å². The standard InChI is InChI=1S/C11H17N3O2S/c1-8(16)12-11-13-10(7-17-11)5-14-3-2-9(4-14)6-15/h7,9,15H,2-6H2,1H3,(H,12,13,16). The van der Waals surface area contributed by atoms with Crippen molar-refractivity contribution in [3.63, 3.8) is 0 Å². The Morgan fingerprint density at radius 2 is 2.59 bits per heavy atom. The molecule has 1 atom stereocenters. The van der Waals surface area contributed by atoms with Gasteiger partial charge in [0.1, 0.15) is 0 Å². The second kappa shape index (κ2) is 5.57. The van der Waals surface area contributed by atoms with Crippen molar-refractivity contribution in [2.45, 2.75) is 19.9 Å².